The summed E-state index contributed by atoms with van der Waals surface area (Å²) in [4.78, 5) is 14.5. The van der Waals surface area contributed by atoms with Crippen LogP contribution < -0.4 is 10.1 Å². The molecule has 0 bridgehead atoms. The number of nitrogens with zero attached hydrogens (tertiary/aromatic N) is 1. The number of ether oxygens (including phenoxy) is 1. The van der Waals surface area contributed by atoms with E-state index in [1.165, 1.54) is 6.42 Å². The number of benzene rings is 1. The van der Waals surface area contributed by atoms with Gasteiger partial charge in [0.15, 0.2) is 0 Å². The Hall–Kier alpha value is -1.75. The number of nitrogens with one attached hydrogen (secondary N) is 1. The fraction of sp³-hybridized carbons (Fsp3) is 0.650. The molecule has 2 fully saturated rings. The molecule has 1 saturated carbocycles. The number of methoxy groups -OCH3 is 1. The predicted molar refractivity (Wildman–Crippen MR) is 98.9 cm³/mol. The number of para-hydroxylation sites is 2. The summed E-state index contributed by atoms with van der Waals surface area (Å²) in [7, 11) is 1.68. The van der Waals surface area contributed by atoms with Crippen LogP contribution in [0, 0.1) is 0 Å². The van der Waals surface area contributed by atoms with E-state index in [1.807, 2.05) is 29.2 Å². The molecule has 1 heterocycles. The molecule has 0 unspecified atom stereocenters. The third-order valence-electron chi connectivity index (χ3n) is 5.58. The quantitative estimate of drug-likeness (QED) is 0.860. The minimum absolute atomic E-state index is 0.111. The lowest BCUT2D eigenvalue weighted by atomic mass is 9.82. The van der Waals surface area contributed by atoms with Crippen molar-refractivity contribution in [3.63, 3.8) is 0 Å². The molecule has 1 saturated heterocycles. The van der Waals surface area contributed by atoms with Gasteiger partial charge in [0.25, 0.3) is 0 Å². The molecule has 138 valence electrons. The van der Waals surface area contributed by atoms with Crippen LogP contribution in [0.15, 0.2) is 24.3 Å². The van der Waals surface area contributed by atoms with Gasteiger partial charge in [-0.2, -0.15) is 0 Å². The third-order valence-corrected chi connectivity index (χ3v) is 5.58. The fourth-order valence-electron chi connectivity index (χ4n) is 4.04. The Bertz CT molecular complexity index is 576. The maximum absolute atomic E-state index is 12.6. The number of hydrogen-bond acceptors (Lipinski definition) is 4. The van der Waals surface area contributed by atoms with Gasteiger partial charge in [0, 0.05) is 19.1 Å². The summed E-state index contributed by atoms with van der Waals surface area (Å²) >= 11 is 0. The zero-order chi connectivity index (χ0) is 17.7. The van der Waals surface area contributed by atoms with E-state index in [1.54, 1.807) is 7.11 Å². The van der Waals surface area contributed by atoms with E-state index in [0.717, 1.165) is 63.1 Å². The molecule has 0 radical (unpaired) electrons. The van der Waals surface area contributed by atoms with E-state index in [9.17, 15) is 9.90 Å². The highest BCUT2D eigenvalue weighted by Crippen LogP contribution is 2.32. The molecule has 1 aliphatic carbocycles. The Morgan fingerprint density at radius 2 is 1.92 bits per heavy atom. The molecule has 2 aliphatic rings. The summed E-state index contributed by atoms with van der Waals surface area (Å²) in [6, 6.07) is 8.27. The lowest BCUT2D eigenvalue weighted by Crippen LogP contribution is -2.46. The van der Waals surface area contributed by atoms with Gasteiger partial charge < -0.3 is 20.1 Å². The maximum atomic E-state index is 12.6. The lowest BCUT2D eigenvalue weighted by Gasteiger charge is -2.37. The molecule has 1 aromatic carbocycles. The van der Waals surface area contributed by atoms with E-state index < -0.39 is 5.60 Å². The zero-order valence-electron chi connectivity index (χ0n) is 15.2. The van der Waals surface area contributed by atoms with Gasteiger partial charge in [-0.1, -0.05) is 31.4 Å². The van der Waals surface area contributed by atoms with Crippen LogP contribution in [0.4, 0.5) is 5.69 Å². The van der Waals surface area contributed by atoms with Crippen molar-refractivity contribution in [1.29, 1.82) is 0 Å². The minimum atomic E-state index is -0.762. The van der Waals surface area contributed by atoms with Crippen molar-refractivity contribution < 1.29 is 14.6 Å². The highest BCUT2D eigenvalue weighted by atomic mass is 16.5. The summed E-state index contributed by atoms with van der Waals surface area (Å²) < 4.78 is 5.39. The smallest absolute Gasteiger partial charge is 0.225 e. The van der Waals surface area contributed by atoms with Crippen LogP contribution in [0.25, 0.3) is 0 Å². The normalized spacial score (nSPS) is 21.0. The topological polar surface area (TPSA) is 61.8 Å². The minimum Gasteiger partial charge on any atom is -0.495 e. The summed E-state index contributed by atoms with van der Waals surface area (Å²) in [5.41, 5.74) is 0.244. The molecule has 2 N–H and O–H groups in total. The van der Waals surface area contributed by atoms with Crippen LogP contribution in [0.5, 0.6) is 5.75 Å². The Labute approximate surface area is 150 Å². The molecule has 1 aromatic rings. The standard InChI is InChI=1S/C20H30N2O3/c1-25-18-8-4-3-7-17(18)21-16-9-13-22(14-10-16)19(23)15-20(24)11-5-2-6-12-20/h3-4,7-8,16,21,24H,2,5-6,9-15H2,1H3. The fourth-order valence-corrected chi connectivity index (χ4v) is 4.04. The van der Waals surface area contributed by atoms with Gasteiger partial charge in [-0.05, 0) is 37.8 Å². The average molecular weight is 346 g/mol. The number of carbonyl (C=O) groups excluding carboxylic acids is 1. The van der Waals surface area contributed by atoms with Gasteiger partial charge >= 0.3 is 0 Å². The number of piperidine rings is 1. The van der Waals surface area contributed by atoms with Crippen molar-refractivity contribution in [3.05, 3.63) is 24.3 Å². The van der Waals surface area contributed by atoms with Crippen molar-refractivity contribution in [3.8, 4) is 5.75 Å². The molecule has 0 atom stereocenters. The highest BCUT2D eigenvalue weighted by Gasteiger charge is 2.34. The van der Waals surface area contributed by atoms with Crippen LogP contribution in [0.2, 0.25) is 0 Å². The molecular weight excluding hydrogens is 316 g/mol. The Morgan fingerprint density at radius 3 is 2.60 bits per heavy atom. The van der Waals surface area contributed by atoms with E-state index in [2.05, 4.69) is 5.32 Å². The molecule has 3 rings (SSSR count). The first-order chi connectivity index (χ1) is 12.1. The molecule has 1 aliphatic heterocycles. The first-order valence-electron chi connectivity index (χ1n) is 9.49. The van der Waals surface area contributed by atoms with Crippen molar-refractivity contribution in [2.24, 2.45) is 0 Å². The van der Waals surface area contributed by atoms with Crippen LogP contribution in [0.1, 0.15) is 51.4 Å². The Morgan fingerprint density at radius 1 is 1.24 bits per heavy atom. The molecule has 1 amide bonds. The Kier molecular flexibility index (Phi) is 5.84. The van der Waals surface area contributed by atoms with E-state index in [4.69, 9.17) is 4.74 Å². The number of rotatable bonds is 5. The van der Waals surface area contributed by atoms with E-state index >= 15 is 0 Å². The summed E-state index contributed by atoms with van der Waals surface area (Å²) in [5.74, 6) is 0.959. The van der Waals surface area contributed by atoms with Crippen molar-refractivity contribution in [2.75, 3.05) is 25.5 Å². The zero-order valence-corrected chi connectivity index (χ0v) is 15.2. The van der Waals surface area contributed by atoms with Gasteiger partial charge in [-0.3, -0.25) is 4.79 Å². The molecule has 5 nitrogen and oxygen atoms in total. The first kappa shape index (κ1) is 18.1. The van der Waals surface area contributed by atoms with Gasteiger partial charge in [-0.25, -0.2) is 0 Å². The van der Waals surface area contributed by atoms with Crippen LogP contribution >= 0.6 is 0 Å². The summed E-state index contributed by atoms with van der Waals surface area (Å²) in [5, 5.41) is 14.1. The number of anilines is 1. The van der Waals surface area contributed by atoms with Crippen LogP contribution in [0.3, 0.4) is 0 Å². The number of amides is 1. The predicted octanol–water partition coefficient (Wildman–Crippen LogP) is 3.18. The monoisotopic (exact) mass is 346 g/mol. The third kappa shape index (κ3) is 4.66. The second-order valence-electron chi connectivity index (χ2n) is 7.46. The van der Waals surface area contributed by atoms with Crippen LogP contribution in [-0.4, -0.2) is 47.8 Å². The summed E-state index contributed by atoms with van der Waals surface area (Å²) in [6.45, 7) is 1.50. The average Bonchev–Trinajstić information content (AvgIpc) is 2.63. The Balaban J connectivity index is 1.49. The van der Waals surface area contributed by atoms with Crippen molar-refractivity contribution >= 4 is 11.6 Å². The molecule has 0 aromatic heterocycles. The van der Waals surface area contributed by atoms with Gasteiger partial charge in [0.1, 0.15) is 5.75 Å². The second-order valence-corrected chi connectivity index (χ2v) is 7.46. The number of aliphatic hydroxyl groups is 1. The highest BCUT2D eigenvalue weighted by molar-refractivity contribution is 5.77. The van der Waals surface area contributed by atoms with Crippen LogP contribution in [-0.2, 0) is 4.79 Å². The van der Waals surface area contributed by atoms with Crippen molar-refractivity contribution in [2.45, 2.75) is 63.0 Å². The maximum Gasteiger partial charge on any atom is 0.225 e. The van der Waals surface area contributed by atoms with Gasteiger partial charge in [-0.15, -0.1) is 0 Å². The molecular formula is C20H30N2O3. The number of hydrogen-bond donors (Lipinski definition) is 2. The van der Waals surface area contributed by atoms with E-state index in [-0.39, 0.29) is 12.3 Å². The molecule has 5 heteroatoms. The lowest BCUT2D eigenvalue weighted by molar-refractivity contribution is -0.138. The molecule has 0 spiro atoms. The second kappa shape index (κ2) is 8.09. The summed E-state index contributed by atoms with van der Waals surface area (Å²) in [6.07, 6.45) is 6.91. The SMILES string of the molecule is COc1ccccc1NC1CCN(C(=O)CC2(O)CCCCC2)CC1. The number of carbonyl (C=O) groups is 1. The largest absolute Gasteiger partial charge is 0.495 e. The van der Waals surface area contributed by atoms with Gasteiger partial charge in [0.2, 0.25) is 5.91 Å². The van der Waals surface area contributed by atoms with Crippen molar-refractivity contribution in [1.82, 2.24) is 4.90 Å². The van der Waals surface area contributed by atoms with E-state index in [0.29, 0.717) is 6.04 Å². The first-order valence-corrected chi connectivity index (χ1v) is 9.49. The van der Waals surface area contributed by atoms with Gasteiger partial charge in [0.05, 0.1) is 24.8 Å². The molecule has 25 heavy (non-hydrogen) atoms. The number of likely N-dealkylation sites (tertiary alicyclic amines) is 1.